The molecule has 3 aromatic rings. The number of rotatable bonds is 3. The lowest BCUT2D eigenvalue weighted by Gasteiger charge is -2.10. The molecular formula is C15H16N4O2. The van der Waals surface area contributed by atoms with Crippen molar-refractivity contribution in [2.75, 3.05) is 7.11 Å². The molecule has 3 heterocycles. The van der Waals surface area contributed by atoms with E-state index in [1.807, 2.05) is 21.3 Å². The molecule has 0 atom stereocenters. The molecule has 0 saturated heterocycles. The molecule has 108 valence electrons. The highest BCUT2D eigenvalue weighted by Crippen LogP contribution is 2.23. The Morgan fingerprint density at radius 3 is 2.81 bits per heavy atom. The van der Waals surface area contributed by atoms with Crippen LogP contribution in [0.3, 0.4) is 0 Å². The summed E-state index contributed by atoms with van der Waals surface area (Å²) in [6, 6.07) is 5.65. The van der Waals surface area contributed by atoms with E-state index in [9.17, 15) is 4.79 Å². The molecule has 0 aliphatic rings. The summed E-state index contributed by atoms with van der Waals surface area (Å²) in [7, 11) is 1.37. The van der Waals surface area contributed by atoms with E-state index in [0.717, 1.165) is 11.4 Å². The molecule has 0 aliphatic heterocycles. The van der Waals surface area contributed by atoms with Gasteiger partial charge in [0.05, 0.1) is 30.3 Å². The zero-order valence-corrected chi connectivity index (χ0v) is 12.1. The molecule has 0 aromatic carbocycles. The van der Waals surface area contributed by atoms with Gasteiger partial charge in [0.25, 0.3) is 0 Å². The summed E-state index contributed by atoms with van der Waals surface area (Å²) >= 11 is 0. The first-order valence-corrected chi connectivity index (χ1v) is 6.71. The number of esters is 1. The van der Waals surface area contributed by atoms with Crippen molar-refractivity contribution in [3.63, 3.8) is 0 Å². The van der Waals surface area contributed by atoms with Crippen LogP contribution in [0.5, 0.6) is 0 Å². The Balaban J connectivity index is 2.13. The number of ether oxygens (including phenoxy) is 1. The number of methoxy groups -OCH3 is 1. The van der Waals surface area contributed by atoms with Gasteiger partial charge in [0, 0.05) is 18.4 Å². The first-order chi connectivity index (χ1) is 10.1. The zero-order valence-electron chi connectivity index (χ0n) is 12.1. The molecule has 0 aliphatic carbocycles. The van der Waals surface area contributed by atoms with Gasteiger partial charge in [-0.25, -0.2) is 9.78 Å². The number of carbonyl (C=O) groups excluding carboxylic acids is 1. The van der Waals surface area contributed by atoms with Crippen LogP contribution in [0.2, 0.25) is 0 Å². The van der Waals surface area contributed by atoms with E-state index in [1.54, 1.807) is 24.5 Å². The predicted molar refractivity (Wildman–Crippen MR) is 78.1 cm³/mol. The lowest BCUT2D eigenvalue weighted by atomic mass is 10.2. The highest BCUT2D eigenvalue weighted by atomic mass is 16.5. The molecule has 6 heteroatoms. The van der Waals surface area contributed by atoms with Crippen molar-refractivity contribution in [1.29, 1.82) is 0 Å². The van der Waals surface area contributed by atoms with Crippen molar-refractivity contribution in [3.8, 4) is 11.4 Å². The van der Waals surface area contributed by atoms with E-state index in [0.29, 0.717) is 11.2 Å². The smallest absolute Gasteiger partial charge is 0.338 e. The van der Waals surface area contributed by atoms with Crippen molar-refractivity contribution < 1.29 is 9.53 Å². The van der Waals surface area contributed by atoms with Gasteiger partial charge in [0.15, 0.2) is 0 Å². The maximum Gasteiger partial charge on any atom is 0.338 e. The number of carbonyl (C=O) groups is 1. The molecule has 6 nitrogen and oxygen atoms in total. The Morgan fingerprint density at radius 2 is 2.10 bits per heavy atom. The van der Waals surface area contributed by atoms with E-state index in [-0.39, 0.29) is 12.0 Å². The third-order valence-corrected chi connectivity index (χ3v) is 3.36. The van der Waals surface area contributed by atoms with Gasteiger partial charge in [-0.3, -0.25) is 9.08 Å². The van der Waals surface area contributed by atoms with Crippen molar-refractivity contribution in [3.05, 3.63) is 42.4 Å². The fraction of sp³-hybridized carbons (Fsp3) is 0.267. The van der Waals surface area contributed by atoms with Crippen LogP contribution < -0.4 is 0 Å². The first kappa shape index (κ1) is 13.4. The molecule has 0 N–H and O–H groups in total. The summed E-state index contributed by atoms with van der Waals surface area (Å²) in [5.74, 6) is -0.366. The Morgan fingerprint density at radius 1 is 1.29 bits per heavy atom. The molecule has 21 heavy (non-hydrogen) atoms. The summed E-state index contributed by atoms with van der Waals surface area (Å²) in [5, 5.41) is 4.34. The minimum absolute atomic E-state index is 0.259. The van der Waals surface area contributed by atoms with Gasteiger partial charge in [-0.1, -0.05) is 0 Å². The largest absolute Gasteiger partial charge is 0.465 e. The standard InChI is InChI=1S/C15H16N4O2/c1-10(2)19-12(4-6-17-19)13-9-16-14-8-11(15(20)21-3)5-7-18(13)14/h4-10H,1-3H3. The van der Waals surface area contributed by atoms with Crippen LogP contribution in [0.25, 0.3) is 17.0 Å². The number of pyridine rings is 1. The lowest BCUT2D eigenvalue weighted by Crippen LogP contribution is -2.06. The third-order valence-electron chi connectivity index (χ3n) is 3.36. The Kier molecular flexibility index (Phi) is 3.21. The second-order valence-corrected chi connectivity index (χ2v) is 5.03. The average Bonchev–Trinajstić information content (AvgIpc) is 3.11. The molecule has 0 spiro atoms. The maximum atomic E-state index is 11.6. The molecule has 0 amide bonds. The van der Waals surface area contributed by atoms with Crippen LogP contribution in [0.15, 0.2) is 36.8 Å². The predicted octanol–water partition coefficient (Wildman–Crippen LogP) is 2.57. The van der Waals surface area contributed by atoms with E-state index in [2.05, 4.69) is 23.9 Å². The summed E-state index contributed by atoms with van der Waals surface area (Å²) in [6.07, 6.45) is 5.38. The van der Waals surface area contributed by atoms with Crippen LogP contribution >= 0.6 is 0 Å². The molecule has 0 unspecified atom stereocenters. The van der Waals surface area contributed by atoms with Gasteiger partial charge in [0.2, 0.25) is 0 Å². The van der Waals surface area contributed by atoms with E-state index < -0.39 is 0 Å². The van der Waals surface area contributed by atoms with Gasteiger partial charge >= 0.3 is 5.97 Å². The number of hydrogen-bond donors (Lipinski definition) is 0. The van der Waals surface area contributed by atoms with Crippen molar-refractivity contribution in [2.24, 2.45) is 0 Å². The number of hydrogen-bond acceptors (Lipinski definition) is 4. The van der Waals surface area contributed by atoms with Gasteiger partial charge in [-0.05, 0) is 32.0 Å². The summed E-state index contributed by atoms with van der Waals surface area (Å²) in [5.41, 5.74) is 3.11. The monoisotopic (exact) mass is 284 g/mol. The van der Waals surface area contributed by atoms with E-state index >= 15 is 0 Å². The average molecular weight is 284 g/mol. The van der Waals surface area contributed by atoms with E-state index in [1.165, 1.54) is 7.11 Å². The maximum absolute atomic E-state index is 11.6. The van der Waals surface area contributed by atoms with Gasteiger partial charge in [-0.15, -0.1) is 0 Å². The van der Waals surface area contributed by atoms with Crippen LogP contribution in [0, 0.1) is 0 Å². The summed E-state index contributed by atoms with van der Waals surface area (Å²) < 4.78 is 8.60. The van der Waals surface area contributed by atoms with E-state index in [4.69, 9.17) is 4.74 Å². The zero-order chi connectivity index (χ0) is 15.0. The van der Waals surface area contributed by atoms with Crippen LogP contribution in [0.4, 0.5) is 0 Å². The Labute approximate surface area is 122 Å². The second-order valence-electron chi connectivity index (χ2n) is 5.03. The molecule has 3 aromatic heterocycles. The quantitative estimate of drug-likeness (QED) is 0.693. The van der Waals surface area contributed by atoms with Crippen LogP contribution in [-0.2, 0) is 4.74 Å². The SMILES string of the molecule is COC(=O)c1ccn2c(-c3ccnn3C(C)C)cnc2c1. The fourth-order valence-corrected chi connectivity index (χ4v) is 2.34. The molecule has 0 bridgehead atoms. The minimum atomic E-state index is -0.366. The van der Waals surface area contributed by atoms with Crippen molar-refractivity contribution in [2.45, 2.75) is 19.9 Å². The number of aromatic nitrogens is 4. The van der Waals surface area contributed by atoms with Gasteiger partial charge in [0.1, 0.15) is 5.65 Å². The minimum Gasteiger partial charge on any atom is -0.465 e. The van der Waals surface area contributed by atoms with Crippen LogP contribution in [-0.4, -0.2) is 32.2 Å². The molecular weight excluding hydrogens is 268 g/mol. The Bertz CT molecular complexity index is 801. The molecule has 0 saturated carbocycles. The highest BCUT2D eigenvalue weighted by Gasteiger charge is 2.14. The second kappa shape index (κ2) is 5.05. The topological polar surface area (TPSA) is 61.4 Å². The van der Waals surface area contributed by atoms with Gasteiger partial charge < -0.3 is 4.74 Å². The lowest BCUT2D eigenvalue weighted by molar-refractivity contribution is 0.0600. The van der Waals surface area contributed by atoms with Crippen LogP contribution in [0.1, 0.15) is 30.2 Å². The number of fused-ring (bicyclic) bond motifs is 1. The Hall–Kier alpha value is -2.63. The number of nitrogens with zero attached hydrogens (tertiary/aromatic N) is 4. The normalized spacial score (nSPS) is 11.2. The fourth-order valence-electron chi connectivity index (χ4n) is 2.34. The molecule has 0 radical (unpaired) electrons. The molecule has 0 fully saturated rings. The summed E-state index contributed by atoms with van der Waals surface area (Å²) in [4.78, 5) is 15.9. The molecule has 3 rings (SSSR count). The third kappa shape index (κ3) is 2.18. The summed E-state index contributed by atoms with van der Waals surface area (Å²) in [6.45, 7) is 4.16. The number of imidazole rings is 1. The first-order valence-electron chi connectivity index (χ1n) is 6.71. The van der Waals surface area contributed by atoms with Crippen molar-refractivity contribution >= 4 is 11.6 Å². The van der Waals surface area contributed by atoms with Crippen molar-refractivity contribution in [1.82, 2.24) is 19.2 Å². The highest BCUT2D eigenvalue weighted by molar-refractivity contribution is 5.90. The van der Waals surface area contributed by atoms with Gasteiger partial charge in [-0.2, -0.15) is 5.10 Å².